The van der Waals surface area contributed by atoms with Crippen LogP contribution in [0, 0.1) is 5.92 Å². The monoisotopic (exact) mass is 446 g/mol. The number of carbonyl (C=O) groups excluding carboxylic acids is 2. The van der Waals surface area contributed by atoms with Crippen LogP contribution in [0.2, 0.25) is 0 Å². The zero-order valence-electron chi connectivity index (χ0n) is 19.8. The summed E-state index contributed by atoms with van der Waals surface area (Å²) >= 11 is 0. The first-order valence-corrected chi connectivity index (χ1v) is 12.0. The molecule has 2 aliphatic rings. The summed E-state index contributed by atoms with van der Waals surface area (Å²) in [5, 5.41) is 11.4. The van der Waals surface area contributed by atoms with Crippen molar-refractivity contribution in [1.29, 1.82) is 0 Å². The summed E-state index contributed by atoms with van der Waals surface area (Å²) in [5.41, 5.74) is 0.973. The normalized spacial score (nSPS) is 26.1. The van der Waals surface area contributed by atoms with Crippen molar-refractivity contribution in [2.24, 2.45) is 5.92 Å². The number of fused-ring (bicyclic) bond motifs is 3. The van der Waals surface area contributed by atoms with Gasteiger partial charge in [-0.05, 0) is 32.8 Å². The Kier molecular flexibility index (Phi) is 8.54. The number of hydrogen-bond donors (Lipinski definition) is 1. The number of benzene rings is 1. The number of aliphatic hydroxyl groups is 1. The molecule has 0 bridgehead atoms. The lowest BCUT2D eigenvalue weighted by Gasteiger charge is -2.46. The van der Waals surface area contributed by atoms with Gasteiger partial charge in [-0.2, -0.15) is 0 Å². The molecule has 1 aromatic carbocycles. The number of hydrogen-bond acceptors (Lipinski definition) is 5. The highest BCUT2D eigenvalue weighted by Gasteiger charge is 2.54. The maximum atomic E-state index is 13.6. The average molecular weight is 447 g/mol. The zero-order valence-corrected chi connectivity index (χ0v) is 19.8. The van der Waals surface area contributed by atoms with Gasteiger partial charge in [-0.15, -0.1) is 0 Å². The standard InChI is InChI=1S/C25H38N2O5/c1-5-8-13-21(28)27(14-15-31-4)19-16-18(25(30)26(6-2)7-3)22-17-11-9-10-12-20(17)32-24(22)23(19)29/h9-12,18-19,22-24,29H,5-8,13-16H2,1-4H3/t18?,19-,22+,23+,24+/m1/s1. The van der Waals surface area contributed by atoms with Gasteiger partial charge in [0.15, 0.2) is 0 Å². The molecule has 1 aromatic rings. The highest BCUT2D eigenvalue weighted by Crippen LogP contribution is 2.49. The second-order valence-electron chi connectivity index (χ2n) is 8.74. The summed E-state index contributed by atoms with van der Waals surface area (Å²) in [7, 11) is 1.60. The molecule has 1 fully saturated rings. The third-order valence-electron chi connectivity index (χ3n) is 6.95. The number of para-hydroxylation sites is 1. The first-order valence-electron chi connectivity index (χ1n) is 12.0. The molecule has 1 unspecified atom stereocenters. The lowest BCUT2D eigenvalue weighted by Crippen LogP contribution is -2.60. The van der Waals surface area contributed by atoms with Crippen LogP contribution in [0.3, 0.4) is 0 Å². The predicted octanol–water partition coefficient (Wildman–Crippen LogP) is 2.81. The molecule has 7 heteroatoms. The van der Waals surface area contributed by atoms with Gasteiger partial charge in [0.05, 0.1) is 18.6 Å². The highest BCUT2D eigenvalue weighted by molar-refractivity contribution is 5.81. The topological polar surface area (TPSA) is 79.3 Å². The fraction of sp³-hybridized carbons (Fsp3) is 0.680. The maximum absolute atomic E-state index is 13.6. The van der Waals surface area contributed by atoms with Crippen molar-refractivity contribution in [3.8, 4) is 5.75 Å². The van der Waals surface area contributed by atoms with Crippen LogP contribution >= 0.6 is 0 Å². The van der Waals surface area contributed by atoms with E-state index < -0.39 is 18.2 Å². The van der Waals surface area contributed by atoms with Gasteiger partial charge < -0.3 is 24.4 Å². The Morgan fingerprint density at radius 1 is 1.19 bits per heavy atom. The molecule has 7 nitrogen and oxygen atoms in total. The van der Waals surface area contributed by atoms with Crippen LogP contribution in [0.5, 0.6) is 5.75 Å². The molecule has 1 heterocycles. The Morgan fingerprint density at radius 3 is 2.56 bits per heavy atom. The maximum Gasteiger partial charge on any atom is 0.226 e. The average Bonchev–Trinajstić information content (AvgIpc) is 3.20. The first-order chi connectivity index (χ1) is 15.5. The van der Waals surface area contributed by atoms with Crippen LogP contribution in [0.15, 0.2) is 24.3 Å². The van der Waals surface area contributed by atoms with Crippen molar-refractivity contribution in [3.05, 3.63) is 29.8 Å². The Labute approximate surface area is 191 Å². The number of carbonyl (C=O) groups is 2. The minimum absolute atomic E-state index is 0.00375. The summed E-state index contributed by atoms with van der Waals surface area (Å²) in [6.07, 6.45) is 1.12. The van der Waals surface area contributed by atoms with E-state index in [9.17, 15) is 14.7 Å². The van der Waals surface area contributed by atoms with E-state index in [0.717, 1.165) is 24.2 Å². The number of amides is 2. The van der Waals surface area contributed by atoms with Gasteiger partial charge in [-0.1, -0.05) is 31.5 Å². The molecule has 1 aliphatic carbocycles. The lowest BCUT2D eigenvalue weighted by molar-refractivity contribution is -0.151. The molecule has 2 amide bonds. The van der Waals surface area contributed by atoms with Crippen LogP contribution < -0.4 is 4.74 Å². The fourth-order valence-corrected chi connectivity index (χ4v) is 5.23. The molecule has 32 heavy (non-hydrogen) atoms. The van der Waals surface area contributed by atoms with Gasteiger partial charge in [0.1, 0.15) is 18.0 Å². The Hall–Kier alpha value is -2.12. The molecule has 3 rings (SSSR count). The van der Waals surface area contributed by atoms with Gasteiger partial charge in [-0.25, -0.2) is 0 Å². The van der Waals surface area contributed by atoms with Gasteiger partial charge in [0.2, 0.25) is 11.8 Å². The van der Waals surface area contributed by atoms with Crippen molar-refractivity contribution < 1.29 is 24.2 Å². The summed E-state index contributed by atoms with van der Waals surface area (Å²) < 4.78 is 11.5. The predicted molar refractivity (Wildman–Crippen MR) is 123 cm³/mol. The van der Waals surface area contributed by atoms with Crippen molar-refractivity contribution >= 4 is 11.8 Å². The molecule has 0 aromatic heterocycles. The number of ether oxygens (including phenoxy) is 2. The van der Waals surface area contributed by atoms with Gasteiger partial charge in [0, 0.05) is 44.6 Å². The molecule has 178 valence electrons. The van der Waals surface area contributed by atoms with Crippen LogP contribution in [0.1, 0.15) is 57.9 Å². The summed E-state index contributed by atoms with van der Waals surface area (Å²) in [6.45, 7) is 8.03. The summed E-state index contributed by atoms with van der Waals surface area (Å²) in [4.78, 5) is 30.3. The zero-order chi connectivity index (χ0) is 23.3. The minimum Gasteiger partial charge on any atom is -0.487 e. The van der Waals surface area contributed by atoms with E-state index in [4.69, 9.17) is 9.47 Å². The molecule has 1 aliphatic heterocycles. The molecule has 1 saturated carbocycles. The number of rotatable bonds is 10. The van der Waals surface area contributed by atoms with E-state index in [1.807, 2.05) is 43.0 Å². The van der Waals surface area contributed by atoms with Gasteiger partial charge in [0.25, 0.3) is 0 Å². The highest BCUT2D eigenvalue weighted by atomic mass is 16.5. The number of methoxy groups -OCH3 is 1. The van der Waals surface area contributed by atoms with Gasteiger partial charge in [-0.3, -0.25) is 9.59 Å². The molecule has 5 atom stereocenters. The second kappa shape index (κ2) is 11.1. The van der Waals surface area contributed by atoms with E-state index in [-0.39, 0.29) is 23.7 Å². The summed E-state index contributed by atoms with van der Waals surface area (Å²) in [5.74, 6) is 0.202. The van der Waals surface area contributed by atoms with Crippen molar-refractivity contribution in [2.75, 3.05) is 33.4 Å². The van der Waals surface area contributed by atoms with Crippen LogP contribution in [-0.4, -0.2) is 78.3 Å². The van der Waals surface area contributed by atoms with E-state index in [2.05, 4.69) is 6.92 Å². The van der Waals surface area contributed by atoms with Crippen LogP contribution in [0.25, 0.3) is 0 Å². The van der Waals surface area contributed by atoms with E-state index >= 15 is 0 Å². The van der Waals surface area contributed by atoms with Crippen LogP contribution in [0.4, 0.5) is 0 Å². The molecular weight excluding hydrogens is 408 g/mol. The third-order valence-corrected chi connectivity index (χ3v) is 6.95. The molecule has 1 N–H and O–H groups in total. The number of aliphatic hydroxyl groups excluding tert-OH is 1. The molecule has 0 saturated heterocycles. The van der Waals surface area contributed by atoms with E-state index in [0.29, 0.717) is 39.1 Å². The third kappa shape index (κ3) is 4.79. The second-order valence-corrected chi connectivity index (χ2v) is 8.74. The molecule has 0 radical (unpaired) electrons. The number of unbranched alkanes of at least 4 members (excludes halogenated alkanes) is 1. The SMILES string of the molecule is CCCCC(=O)N(CCOC)[C@@H]1CC(C(=O)N(CC)CC)[C@@H]2c3ccccc3O[C@@H]2[C@H]1O. The Morgan fingerprint density at radius 2 is 1.91 bits per heavy atom. The summed E-state index contributed by atoms with van der Waals surface area (Å²) in [6, 6.07) is 7.24. The number of nitrogens with zero attached hydrogens (tertiary/aromatic N) is 2. The Bertz CT molecular complexity index is 781. The van der Waals surface area contributed by atoms with E-state index in [1.54, 1.807) is 12.0 Å². The minimum atomic E-state index is -0.879. The van der Waals surface area contributed by atoms with E-state index in [1.165, 1.54) is 0 Å². The largest absolute Gasteiger partial charge is 0.487 e. The molecular formula is C25H38N2O5. The van der Waals surface area contributed by atoms with Crippen molar-refractivity contribution in [3.63, 3.8) is 0 Å². The quantitative estimate of drug-likeness (QED) is 0.598. The van der Waals surface area contributed by atoms with Crippen molar-refractivity contribution in [2.45, 2.75) is 70.6 Å². The van der Waals surface area contributed by atoms with Crippen molar-refractivity contribution in [1.82, 2.24) is 9.80 Å². The van der Waals surface area contributed by atoms with Gasteiger partial charge >= 0.3 is 0 Å². The smallest absolute Gasteiger partial charge is 0.226 e. The lowest BCUT2D eigenvalue weighted by atomic mass is 9.70. The Balaban J connectivity index is 1.97. The fourth-order valence-electron chi connectivity index (χ4n) is 5.23. The molecule has 0 spiro atoms. The first kappa shape index (κ1) is 24.5. The van der Waals surface area contributed by atoms with Crippen LogP contribution in [-0.2, 0) is 14.3 Å².